The van der Waals surface area contributed by atoms with Crippen LogP contribution in [0.5, 0.6) is 0 Å². The number of carbonyl (C=O) groups excluding carboxylic acids is 1. The van der Waals surface area contributed by atoms with Crippen molar-refractivity contribution < 1.29 is 4.79 Å². The summed E-state index contributed by atoms with van der Waals surface area (Å²) < 4.78 is 1.65. The van der Waals surface area contributed by atoms with Crippen LogP contribution < -0.4 is 5.32 Å². The van der Waals surface area contributed by atoms with Gasteiger partial charge < -0.3 is 5.32 Å². The van der Waals surface area contributed by atoms with Crippen LogP contribution in [0.1, 0.15) is 21.5 Å². The van der Waals surface area contributed by atoms with Gasteiger partial charge in [0.1, 0.15) is 0 Å². The molecule has 0 fully saturated rings. The molecule has 98 valence electrons. The monoisotopic (exact) mass is 382 g/mol. The average Bonchev–Trinajstić information content (AvgIpc) is 2.40. The van der Waals surface area contributed by atoms with Crippen LogP contribution in [-0.2, 0) is 6.54 Å². The maximum Gasteiger partial charge on any atom is 0.252 e. The summed E-state index contributed by atoms with van der Waals surface area (Å²) in [6.45, 7) is 2.47. The Balaban J connectivity index is 2.10. The minimum absolute atomic E-state index is 0.107. The molecule has 0 aliphatic carbocycles. The van der Waals surface area contributed by atoms with Gasteiger partial charge in [-0.2, -0.15) is 0 Å². The molecule has 0 saturated carbocycles. The molecule has 0 radical (unpaired) electrons. The Kier molecular flexibility index (Phi) is 4.71. The van der Waals surface area contributed by atoms with Crippen LogP contribution in [0.2, 0.25) is 0 Å². The van der Waals surface area contributed by atoms with Gasteiger partial charge in [0.25, 0.3) is 5.91 Å². The predicted octanol–water partition coefficient (Wildman–Crippen LogP) is 3.85. The van der Waals surface area contributed by atoms with Crippen LogP contribution in [0.15, 0.2) is 45.6 Å². The average molecular weight is 384 g/mol. The minimum atomic E-state index is -0.107. The lowest BCUT2D eigenvalue weighted by atomic mass is 10.1. The lowest BCUT2D eigenvalue weighted by Gasteiger charge is -2.09. The molecule has 0 aliphatic heterocycles. The summed E-state index contributed by atoms with van der Waals surface area (Å²) in [7, 11) is 0. The van der Waals surface area contributed by atoms with Crippen molar-refractivity contribution in [2.75, 3.05) is 0 Å². The predicted molar refractivity (Wildman–Crippen MR) is 82.0 cm³/mol. The second-order valence-corrected chi connectivity index (χ2v) is 5.88. The molecule has 1 aromatic heterocycles. The van der Waals surface area contributed by atoms with Crippen LogP contribution in [0.3, 0.4) is 0 Å². The molecule has 1 aromatic carbocycles. The molecule has 1 heterocycles. The van der Waals surface area contributed by atoms with Crippen molar-refractivity contribution in [1.82, 2.24) is 10.3 Å². The van der Waals surface area contributed by atoms with Crippen molar-refractivity contribution in [3.05, 3.63) is 62.3 Å². The smallest absolute Gasteiger partial charge is 0.252 e. The number of nitrogens with one attached hydrogen (secondary N) is 1. The molecule has 0 bridgehead atoms. The van der Waals surface area contributed by atoms with Crippen molar-refractivity contribution in [3.8, 4) is 0 Å². The molecule has 0 spiro atoms. The van der Waals surface area contributed by atoms with Gasteiger partial charge in [-0.1, -0.05) is 15.9 Å². The van der Waals surface area contributed by atoms with E-state index in [0.29, 0.717) is 12.1 Å². The summed E-state index contributed by atoms with van der Waals surface area (Å²) >= 11 is 6.74. The number of hydrogen-bond acceptors (Lipinski definition) is 2. The molecule has 0 unspecified atom stereocenters. The summed E-state index contributed by atoms with van der Waals surface area (Å²) in [4.78, 5) is 16.2. The van der Waals surface area contributed by atoms with Gasteiger partial charge in [0.05, 0.1) is 5.56 Å². The highest BCUT2D eigenvalue weighted by Crippen LogP contribution is 2.21. The first-order chi connectivity index (χ1) is 9.08. The third-order valence-electron chi connectivity index (χ3n) is 2.75. The van der Waals surface area contributed by atoms with E-state index in [0.717, 1.165) is 20.1 Å². The maximum absolute atomic E-state index is 12.1. The molecule has 2 aromatic rings. The summed E-state index contributed by atoms with van der Waals surface area (Å²) in [5, 5.41) is 2.91. The Morgan fingerprint density at radius 2 is 2.11 bits per heavy atom. The van der Waals surface area contributed by atoms with E-state index in [1.807, 2.05) is 25.1 Å². The van der Waals surface area contributed by atoms with Gasteiger partial charge in [-0.25, -0.2) is 0 Å². The van der Waals surface area contributed by atoms with E-state index in [9.17, 15) is 4.79 Å². The first kappa shape index (κ1) is 14.2. The first-order valence-corrected chi connectivity index (χ1v) is 7.29. The third-order valence-corrected chi connectivity index (χ3v) is 3.93. The Morgan fingerprint density at radius 3 is 2.84 bits per heavy atom. The molecular formula is C14H12Br2N2O. The summed E-state index contributed by atoms with van der Waals surface area (Å²) in [6.07, 6.45) is 3.51. The molecule has 19 heavy (non-hydrogen) atoms. The number of aromatic nitrogens is 1. The van der Waals surface area contributed by atoms with Crippen LogP contribution in [0.4, 0.5) is 0 Å². The van der Waals surface area contributed by atoms with E-state index in [4.69, 9.17) is 0 Å². The molecule has 2 rings (SSSR count). The van der Waals surface area contributed by atoms with Gasteiger partial charge in [-0.3, -0.25) is 9.78 Å². The van der Waals surface area contributed by atoms with Gasteiger partial charge in [-0.05, 0) is 58.2 Å². The highest BCUT2D eigenvalue weighted by atomic mass is 79.9. The highest BCUT2D eigenvalue weighted by molar-refractivity contribution is 9.11. The lowest BCUT2D eigenvalue weighted by Crippen LogP contribution is -2.23. The number of carbonyl (C=O) groups is 1. The van der Waals surface area contributed by atoms with Gasteiger partial charge in [-0.15, -0.1) is 0 Å². The molecular weight excluding hydrogens is 372 g/mol. The van der Waals surface area contributed by atoms with Gasteiger partial charge in [0, 0.05) is 27.9 Å². The summed E-state index contributed by atoms with van der Waals surface area (Å²) in [5.74, 6) is -0.107. The largest absolute Gasteiger partial charge is 0.348 e. The first-order valence-electron chi connectivity index (χ1n) is 5.70. The van der Waals surface area contributed by atoms with Crippen LogP contribution in [0.25, 0.3) is 0 Å². The number of pyridine rings is 1. The molecule has 0 saturated heterocycles. The highest BCUT2D eigenvalue weighted by Gasteiger charge is 2.10. The number of nitrogens with zero attached hydrogens (tertiary/aromatic N) is 1. The van der Waals surface area contributed by atoms with E-state index < -0.39 is 0 Å². The zero-order chi connectivity index (χ0) is 13.8. The Bertz CT molecular complexity index is 614. The number of benzene rings is 1. The minimum Gasteiger partial charge on any atom is -0.348 e. The van der Waals surface area contributed by atoms with E-state index in [1.54, 1.807) is 18.5 Å². The molecule has 1 N–H and O–H groups in total. The fourth-order valence-corrected chi connectivity index (χ4v) is 2.43. The standard InChI is InChI=1S/C14H12Br2N2O/c1-9-7-17-5-4-10(9)8-18-14(19)12-6-11(15)2-3-13(12)16/h2-7H,8H2,1H3,(H,18,19). The second-order valence-electron chi connectivity index (χ2n) is 4.11. The van der Waals surface area contributed by atoms with Crippen LogP contribution in [-0.4, -0.2) is 10.9 Å². The number of amides is 1. The van der Waals surface area contributed by atoms with Crippen molar-refractivity contribution in [3.63, 3.8) is 0 Å². The fourth-order valence-electron chi connectivity index (χ4n) is 1.64. The van der Waals surface area contributed by atoms with Crippen molar-refractivity contribution in [2.45, 2.75) is 13.5 Å². The van der Waals surface area contributed by atoms with Crippen molar-refractivity contribution in [2.24, 2.45) is 0 Å². The lowest BCUT2D eigenvalue weighted by molar-refractivity contribution is 0.0950. The number of hydrogen-bond donors (Lipinski definition) is 1. The second kappa shape index (κ2) is 6.30. The van der Waals surface area contributed by atoms with Gasteiger partial charge in [0.15, 0.2) is 0 Å². The number of aryl methyl sites for hydroxylation is 1. The van der Waals surface area contributed by atoms with E-state index >= 15 is 0 Å². The third kappa shape index (κ3) is 3.64. The Morgan fingerprint density at radius 1 is 1.32 bits per heavy atom. The zero-order valence-electron chi connectivity index (χ0n) is 10.3. The SMILES string of the molecule is Cc1cnccc1CNC(=O)c1cc(Br)ccc1Br. The van der Waals surface area contributed by atoms with Gasteiger partial charge >= 0.3 is 0 Å². The zero-order valence-corrected chi connectivity index (χ0v) is 13.5. The number of rotatable bonds is 3. The maximum atomic E-state index is 12.1. The van der Waals surface area contributed by atoms with Crippen LogP contribution >= 0.6 is 31.9 Å². The fraction of sp³-hybridized carbons (Fsp3) is 0.143. The van der Waals surface area contributed by atoms with E-state index in [1.165, 1.54) is 0 Å². The van der Waals surface area contributed by atoms with Crippen LogP contribution in [0, 0.1) is 6.92 Å². The molecule has 0 atom stereocenters. The molecule has 0 aliphatic rings. The van der Waals surface area contributed by atoms with Crippen molar-refractivity contribution >= 4 is 37.8 Å². The summed E-state index contributed by atoms with van der Waals surface area (Å²) in [5.41, 5.74) is 2.74. The van der Waals surface area contributed by atoms with Crippen molar-refractivity contribution in [1.29, 1.82) is 0 Å². The molecule has 5 heteroatoms. The Hall–Kier alpha value is -1.20. The quantitative estimate of drug-likeness (QED) is 0.874. The summed E-state index contributed by atoms with van der Waals surface area (Å²) in [6, 6.07) is 7.43. The molecule has 3 nitrogen and oxygen atoms in total. The Labute approximate surface area is 128 Å². The molecule has 1 amide bonds. The number of halogens is 2. The normalized spacial score (nSPS) is 10.3. The van der Waals surface area contributed by atoms with E-state index in [-0.39, 0.29) is 5.91 Å². The van der Waals surface area contributed by atoms with Gasteiger partial charge in [0.2, 0.25) is 0 Å². The van der Waals surface area contributed by atoms with E-state index in [2.05, 4.69) is 42.2 Å². The topological polar surface area (TPSA) is 42.0 Å².